The molecule has 0 spiro atoms. The molecule has 0 fully saturated rings. The first kappa shape index (κ1) is 21.0. The van der Waals surface area contributed by atoms with Crippen LogP contribution in [0, 0.1) is 0 Å². The smallest absolute Gasteiger partial charge is 0.274 e. The predicted molar refractivity (Wildman–Crippen MR) is 116 cm³/mol. The fourth-order valence-electron chi connectivity index (χ4n) is 3.41. The van der Waals surface area contributed by atoms with Gasteiger partial charge in [-0.1, -0.05) is 65.8 Å². The Morgan fingerprint density at radius 2 is 1.66 bits per heavy atom. The molecular formula is C24H22N4O4. The van der Waals surface area contributed by atoms with Gasteiger partial charge in [0.25, 0.3) is 5.91 Å². The Kier molecular flexibility index (Phi) is 6.12. The lowest BCUT2D eigenvalue weighted by molar-refractivity contribution is 0.0929. The van der Waals surface area contributed by atoms with Gasteiger partial charge in [-0.15, -0.1) is 0 Å². The van der Waals surface area contributed by atoms with E-state index in [9.17, 15) is 9.90 Å². The van der Waals surface area contributed by atoms with Gasteiger partial charge in [-0.2, -0.15) is 4.98 Å². The number of hydrogen-bond donors (Lipinski definition) is 2. The van der Waals surface area contributed by atoms with Gasteiger partial charge in [0.2, 0.25) is 5.89 Å². The van der Waals surface area contributed by atoms with Crippen molar-refractivity contribution in [2.45, 2.75) is 18.9 Å². The van der Waals surface area contributed by atoms with E-state index in [1.807, 2.05) is 60.7 Å². The third-order valence-corrected chi connectivity index (χ3v) is 5.03. The first-order chi connectivity index (χ1) is 15.6. The summed E-state index contributed by atoms with van der Waals surface area (Å²) < 4.78 is 10.6. The average molecular weight is 430 g/mol. The Hall–Kier alpha value is -4.20. The van der Waals surface area contributed by atoms with E-state index in [0.717, 1.165) is 11.1 Å². The van der Waals surface area contributed by atoms with Gasteiger partial charge >= 0.3 is 0 Å². The molecule has 162 valence electrons. The van der Waals surface area contributed by atoms with Crippen molar-refractivity contribution in [1.29, 1.82) is 0 Å². The maximum absolute atomic E-state index is 12.6. The van der Waals surface area contributed by atoms with Crippen LogP contribution in [-0.4, -0.2) is 33.2 Å². The summed E-state index contributed by atoms with van der Waals surface area (Å²) >= 11 is 0. The van der Waals surface area contributed by atoms with Crippen LogP contribution >= 0.6 is 0 Å². The van der Waals surface area contributed by atoms with Crippen LogP contribution in [0.25, 0.3) is 0 Å². The molecule has 4 aromatic rings. The number of carbonyl (C=O) groups excluding carboxylic acids is 1. The van der Waals surface area contributed by atoms with Gasteiger partial charge in [0.15, 0.2) is 23.0 Å². The number of methoxy groups -OCH3 is 1. The predicted octanol–water partition coefficient (Wildman–Crippen LogP) is 3.85. The molecule has 4 rings (SSSR count). The molecule has 2 aromatic heterocycles. The summed E-state index contributed by atoms with van der Waals surface area (Å²) in [4.78, 5) is 21.1. The Morgan fingerprint density at radius 3 is 2.25 bits per heavy atom. The fourth-order valence-corrected chi connectivity index (χ4v) is 3.41. The van der Waals surface area contributed by atoms with E-state index in [0.29, 0.717) is 11.7 Å². The second-order valence-electron chi connectivity index (χ2n) is 7.15. The van der Waals surface area contributed by atoms with E-state index in [1.54, 1.807) is 6.92 Å². The third-order valence-electron chi connectivity index (χ3n) is 5.03. The van der Waals surface area contributed by atoms with Gasteiger partial charge < -0.3 is 19.7 Å². The van der Waals surface area contributed by atoms with Crippen molar-refractivity contribution in [2.24, 2.45) is 0 Å². The van der Waals surface area contributed by atoms with Gasteiger partial charge in [0.1, 0.15) is 0 Å². The zero-order valence-corrected chi connectivity index (χ0v) is 17.6. The van der Waals surface area contributed by atoms with Crippen LogP contribution in [0.4, 0.5) is 0 Å². The van der Waals surface area contributed by atoms with Crippen LogP contribution in [0.3, 0.4) is 0 Å². The molecule has 0 unspecified atom stereocenters. The topological polar surface area (TPSA) is 110 Å². The SMILES string of the molecule is COc1ccnc(C(=O)N[C@@H](C)c2noc(C(c3ccccc3)c3ccccc3)n2)c1O. The second kappa shape index (κ2) is 9.30. The number of amides is 1. The molecule has 1 amide bonds. The van der Waals surface area contributed by atoms with Crippen molar-refractivity contribution in [1.82, 2.24) is 20.4 Å². The molecule has 8 nitrogen and oxygen atoms in total. The normalized spacial score (nSPS) is 11.8. The minimum atomic E-state index is -0.584. The van der Waals surface area contributed by atoms with E-state index >= 15 is 0 Å². The summed E-state index contributed by atoms with van der Waals surface area (Å²) in [6, 6.07) is 20.6. The molecule has 0 bridgehead atoms. The molecule has 0 saturated carbocycles. The van der Waals surface area contributed by atoms with Crippen molar-refractivity contribution >= 4 is 5.91 Å². The number of rotatable bonds is 7. The summed E-state index contributed by atoms with van der Waals surface area (Å²) in [5, 5.41) is 17.0. The molecule has 0 aliphatic carbocycles. The molecule has 0 saturated heterocycles. The Balaban J connectivity index is 1.59. The molecule has 0 aliphatic heterocycles. The Labute approximate surface area is 184 Å². The van der Waals surface area contributed by atoms with Gasteiger partial charge in [0.05, 0.1) is 19.1 Å². The summed E-state index contributed by atoms with van der Waals surface area (Å²) in [7, 11) is 1.40. The van der Waals surface area contributed by atoms with E-state index in [-0.39, 0.29) is 23.1 Å². The van der Waals surface area contributed by atoms with E-state index in [4.69, 9.17) is 9.26 Å². The largest absolute Gasteiger partial charge is 0.503 e. The lowest BCUT2D eigenvalue weighted by atomic mass is 9.91. The van der Waals surface area contributed by atoms with Gasteiger partial charge in [-0.25, -0.2) is 4.98 Å². The van der Waals surface area contributed by atoms with Crippen molar-refractivity contribution in [3.8, 4) is 11.5 Å². The molecule has 32 heavy (non-hydrogen) atoms. The van der Waals surface area contributed by atoms with Gasteiger partial charge in [-0.05, 0) is 18.1 Å². The van der Waals surface area contributed by atoms with E-state index in [1.165, 1.54) is 19.4 Å². The molecule has 2 heterocycles. The Morgan fingerprint density at radius 1 is 1.03 bits per heavy atom. The monoisotopic (exact) mass is 430 g/mol. The van der Waals surface area contributed by atoms with Crippen molar-refractivity contribution in [2.75, 3.05) is 7.11 Å². The molecular weight excluding hydrogens is 408 g/mol. The second-order valence-corrected chi connectivity index (χ2v) is 7.15. The highest BCUT2D eigenvalue weighted by molar-refractivity contribution is 5.95. The quantitative estimate of drug-likeness (QED) is 0.458. The van der Waals surface area contributed by atoms with E-state index < -0.39 is 11.9 Å². The maximum atomic E-state index is 12.6. The summed E-state index contributed by atoms with van der Waals surface area (Å²) in [6.45, 7) is 1.73. The average Bonchev–Trinajstić information content (AvgIpc) is 3.30. The highest BCUT2D eigenvalue weighted by Crippen LogP contribution is 2.31. The first-order valence-corrected chi connectivity index (χ1v) is 10.0. The summed E-state index contributed by atoms with van der Waals surface area (Å²) in [5.41, 5.74) is 1.87. The highest BCUT2D eigenvalue weighted by Gasteiger charge is 2.26. The van der Waals surface area contributed by atoms with Crippen LogP contribution in [0.2, 0.25) is 0 Å². The van der Waals surface area contributed by atoms with Crippen LogP contribution in [0.15, 0.2) is 77.4 Å². The first-order valence-electron chi connectivity index (χ1n) is 10.0. The number of aromatic hydroxyl groups is 1. The molecule has 2 N–H and O–H groups in total. The summed E-state index contributed by atoms with van der Waals surface area (Å²) in [6.07, 6.45) is 1.38. The van der Waals surface area contributed by atoms with Crippen molar-refractivity contribution < 1.29 is 19.2 Å². The summed E-state index contributed by atoms with van der Waals surface area (Å²) in [5.74, 6) is -0.267. The Bertz CT molecular complexity index is 1160. The maximum Gasteiger partial charge on any atom is 0.274 e. The van der Waals surface area contributed by atoms with Crippen LogP contribution in [0.5, 0.6) is 11.5 Å². The zero-order valence-electron chi connectivity index (χ0n) is 17.6. The molecule has 0 radical (unpaired) electrons. The number of carbonyl (C=O) groups is 1. The molecule has 2 aromatic carbocycles. The van der Waals surface area contributed by atoms with Crippen LogP contribution in [-0.2, 0) is 0 Å². The molecule has 0 aliphatic rings. The molecule has 8 heteroatoms. The van der Waals surface area contributed by atoms with Gasteiger partial charge in [-0.3, -0.25) is 4.79 Å². The van der Waals surface area contributed by atoms with Crippen molar-refractivity contribution in [3.05, 3.63) is 101 Å². The zero-order chi connectivity index (χ0) is 22.5. The van der Waals surface area contributed by atoms with Crippen molar-refractivity contribution in [3.63, 3.8) is 0 Å². The number of aromatic nitrogens is 3. The highest BCUT2D eigenvalue weighted by atomic mass is 16.5. The number of ether oxygens (including phenoxy) is 1. The number of nitrogens with one attached hydrogen (secondary N) is 1. The lowest BCUT2D eigenvalue weighted by Gasteiger charge is -2.14. The third kappa shape index (κ3) is 4.29. The minimum absolute atomic E-state index is 0.147. The van der Waals surface area contributed by atoms with Crippen LogP contribution in [0.1, 0.15) is 52.2 Å². The standard InChI is InChI=1S/C24H22N4O4/c1-15(26-23(30)20-21(29)18(31-2)13-14-25-20)22-27-24(32-28-22)19(16-9-5-3-6-10-16)17-11-7-4-8-12-17/h3-15,19,29H,1-2H3,(H,26,30)/t15-/m0/s1. The molecule has 1 atom stereocenters. The fraction of sp³-hybridized carbons (Fsp3) is 0.167. The number of benzene rings is 2. The lowest BCUT2D eigenvalue weighted by Crippen LogP contribution is -2.28. The minimum Gasteiger partial charge on any atom is -0.503 e. The van der Waals surface area contributed by atoms with E-state index in [2.05, 4.69) is 20.4 Å². The number of hydrogen-bond acceptors (Lipinski definition) is 7. The number of pyridine rings is 1. The van der Waals surface area contributed by atoms with Gasteiger partial charge in [0, 0.05) is 12.3 Å². The van der Waals surface area contributed by atoms with Crippen LogP contribution < -0.4 is 10.1 Å². The number of nitrogens with zero attached hydrogens (tertiary/aromatic N) is 3.